The molecule has 2 heterocycles. The summed E-state index contributed by atoms with van der Waals surface area (Å²) in [5.41, 5.74) is 1.28. The van der Waals surface area contributed by atoms with Gasteiger partial charge in [-0.05, 0) is 6.07 Å². The standard InChI is InChI=1S/C9H11N2.H2O/c1-10-5-4-9-8(7-10)3-6-11(9)2;/h3-7H,1-2H3;1H2/q+1;/p-1. The van der Waals surface area contributed by atoms with Crippen molar-refractivity contribution in [3.63, 3.8) is 0 Å². The first-order valence-corrected chi connectivity index (χ1v) is 3.68. The molecule has 0 unspecified atom stereocenters. The van der Waals surface area contributed by atoms with Crippen LogP contribution in [-0.4, -0.2) is 10.0 Å². The van der Waals surface area contributed by atoms with Gasteiger partial charge in [0.25, 0.3) is 0 Å². The Labute approximate surface area is 71.2 Å². The highest BCUT2D eigenvalue weighted by molar-refractivity contribution is 5.77. The summed E-state index contributed by atoms with van der Waals surface area (Å²) in [4.78, 5) is 0. The minimum absolute atomic E-state index is 0. The van der Waals surface area contributed by atoms with E-state index in [1.165, 1.54) is 10.9 Å². The first-order chi connectivity index (χ1) is 5.27. The van der Waals surface area contributed by atoms with Gasteiger partial charge in [-0.1, -0.05) is 0 Å². The number of aromatic nitrogens is 2. The maximum Gasteiger partial charge on any atom is 0.177 e. The van der Waals surface area contributed by atoms with Crippen LogP contribution in [0.25, 0.3) is 10.9 Å². The maximum absolute atomic E-state index is 2.12. The van der Waals surface area contributed by atoms with E-state index in [4.69, 9.17) is 0 Å². The van der Waals surface area contributed by atoms with Crippen LogP contribution >= 0.6 is 0 Å². The van der Waals surface area contributed by atoms with E-state index in [0.717, 1.165) is 0 Å². The van der Waals surface area contributed by atoms with E-state index in [9.17, 15) is 0 Å². The molecule has 0 bridgehead atoms. The van der Waals surface area contributed by atoms with Crippen molar-refractivity contribution in [3.05, 3.63) is 30.7 Å². The molecule has 1 N–H and O–H groups in total. The molecule has 0 atom stereocenters. The van der Waals surface area contributed by atoms with E-state index in [1.54, 1.807) is 0 Å². The highest BCUT2D eigenvalue weighted by Gasteiger charge is 2.00. The molecule has 12 heavy (non-hydrogen) atoms. The molecule has 2 aromatic rings. The lowest BCUT2D eigenvalue weighted by atomic mass is 10.3. The van der Waals surface area contributed by atoms with E-state index >= 15 is 0 Å². The average molecular weight is 164 g/mol. The van der Waals surface area contributed by atoms with Gasteiger partial charge in [-0.2, -0.15) is 0 Å². The Hall–Kier alpha value is -1.35. The number of rotatable bonds is 0. The molecular weight excluding hydrogens is 152 g/mol. The Bertz CT molecular complexity index is 392. The zero-order valence-corrected chi connectivity index (χ0v) is 7.23. The predicted octanol–water partition coefficient (Wildman–Crippen LogP) is 0.826. The fourth-order valence-corrected chi connectivity index (χ4v) is 1.33. The third kappa shape index (κ3) is 1.19. The molecule has 3 heteroatoms. The average Bonchev–Trinajstić information content (AvgIpc) is 2.32. The fourth-order valence-electron chi connectivity index (χ4n) is 1.33. The third-order valence-corrected chi connectivity index (χ3v) is 1.96. The molecule has 64 valence electrons. The predicted molar refractivity (Wildman–Crippen MR) is 46.0 cm³/mol. The molecule has 0 amide bonds. The first-order valence-electron chi connectivity index (χ1n) is 3.68. The maximum atomic E-state index is 2.12. The van der Waals surface area contributed by atoms with E-state index in [0.29, 0.717) is 0 Å². The zero-order chi connectivity index (χ0) is 7.84. The molecule has 0 aliphatic rings. The summed E-state index contributed by atoms with van der Waals surface area (Å²) in [7, 11) is 4.09. The van der Waals surface area contributed by atoms with Gasteiger partial charge in [0.1, 0.15) is 7.05 Å². The second-order valence-corrected chi connectivity index (χ2v) is 2.88. The Kier molecular flexibility index (Phi) is 2.15. The summed E-state index contributed by atoms with van der Waals surface area (Å²) in [6, 6.07) is 4.24. The zero-order valence-electron chi connectivity index (χ0n) is 7.23. The van der Waals surface area contributed by atoms with Crippen LogP contribution in [0.5, 0.6) is 0 Å². The third-order valence-electron chi connectivity index (χ3n) is 1.96. The summed E-state index contributed by atoms with van der Waals surface area (Å²) in [6.07, 6.45) is 6.25. The number of hydrogen-bond donors (Lipinski definition) is 0. The Balaban J connectivity index is 0.000000720. The Morgan fingerprint density at radius 1 is 1.33 bits per heavy atom. The molecule has 0 aliphatic carbocycles. The number of fused-ring (bicyclic) bond motifs is 1. The van der Waals surface area contributed by atoms with Crippen molar-refractivity contribution in [2.75, 3.05) is 0 Å². The Morgan fingerprint density at radius 3 is 2.83 bits per heavy atom. The van der Waals surface area contributed by atoms with E-state index in [1.807, 2.05) is 7.05 Å². The van der Waals surface area contributed by atoms with Crippen LogP contribution in [0.2, 0.25) is 0 Å². The Morgan fingerprint density at radius 2 is 2.08 bits per heavy atom. The molecule has 0 aliphatic heterocycles. The summed E-state index contributed by atoms with van der Waals surface area (Å²) < 4.78 is 4.18. The summed E-state index contributed by atoms with van der Waals surface area (Å²) in [5, 5.41) is 1.29. The molecule has 2 rings (SSSR count). The number of nitrogens with zero attached hydrogens (tertiary/aromatic N) is 2. The molecular formula is C9H12N2O. The van der Waals surface area contributed by atoms with Crippen molar-refractivity contribution in [1.29, 1.82) is 0 Å². The molecule has 3 nitrogen and oxygen atoms in total. The lowest BCUT2D eigenvalue weighted by molar-refractivity contribution is -0.670. The van der Waals surface area contributed by atoms with Crippen LogP contribution in [0.1, 0.15) is 0 Å². The second kappa shape index (κ2) is 2.95. The van der Waals surface area contributed by atoms with Crippen LogP contribution in [0.15, 0.2) is 30.7 Å². The van der Waals surface area contributed by atoms with Crippen molar-refractivity contribution < 1.29 is 10.0 Å². The van der Waals surface area contributed by atoms with Crippen LogP contribution in [0.4, 0.5) is 0 Å². The molecule has 0 fully saturated rings. The molecule has 0 radical (unpaired) electrons. The quantitative estimate of drug-likeness (QED) is 0.531. The van der Waals surface area contributed by atoms with Crippen molar-refractivity contribution in [3.8, 4) is 0 Å². The summed E-state index contributed by atoms with van der Waals surface area (Å²) in [6.45, 7) is 0. The van der Waals surface area contributed by atoms with Crippen LogP contribution in [0.3, 0.4) is 0 Å². The van der Waals surface area contributed by atoms with Crippen LogP contribution in [-0.2, 0) is 14.1 Å². The smallest absolute Gasteiger partial charge is 0.177 e. The van der Waals surface area contributed by atoms with Crippen molar-refractivity contribution >= 4 is 10.9 Å². The van der Waals surface area contributed by atoms with Gasteiger partial charge in [-0.25, -0.2) is 4.57 Å². The van der Waals surface area contributed by atoms with E-state index in [-0.39, 0.29) is 5.48 Å². The highest BCUT2D eigenvalue weighted by atomic mass is 16.0. The van der Waals surface area contributed by atoms with Gasteiger partial charge >= 0.3 is 0 Å². The van der Waals surface area contributed by atoms with Gasteiger partial charge in [-0.15, -0.1) is 0 Å². The number of hydrogen-bond acceptors (Lipinski definition) is 1. The number of pyridine rings is 1. The van der Waals surface area contributed by atoms with Crippen molar-refractivity contribution in [1.82, 2.24) is 4.57 Å². The first kappa shape index (κ1) is 8.74. The molecule has 0 aromatic carbocycles. The molecule has 0 spiro atoms. The minimum Gasteiger partial charge on any atom is -0.870 e. The largest absolute Gasteiger partial charge is 0.870 e. The van der Waals surface area contributed by atoms with Gasteiger partial charge in [-0.3, -0.25) is 0 Å². The topological polar surface area (TPSA) is 38.8 Å². The summed E-state index contributed by atoms with van der Waals surface area (Å²) >= 11 is 0. The van der Waals surface area contributed by atoms with Gasteiger partial charge < -0.3 is 10.0 Å². The van der Waals surface area contributed by atoms with Crippen molar-refractivity contribution in [2.24, 2.45) is 14.1 Å². The van der Waals surface area contributed by atoms with Gasteiger partial charge in [0.05, 0.1) is 10.9 Å². The second-order valence-electron chi connectivity index (χ2n) is 2.88. The van der Waals surface area contributed by atoms with Crippen LogP contribution in [0, 0.1) is 0 Å². The minimum atomic E-state index is 0. The SMILES string of the molecule is Cn1ccc2c[n+](C)ccc21.[OH-]. The summed E-state index contributed by atoms with van der Waals surface area (Å²) in [5.74, 6) is 0. The lowest BCUT2D eigenvalue weighted by Gasteiger charge is -1.92. The van der Waals surface area contributed by atoms with Gasteiger partial charge in [0.15, 0.2) is 12.4 Å². The van der Waals surface area contributed by atoms with E-state index in [2.05, 4.69) is 46.9 Å². The lowest BCUT2D eigenvalue weighted by Crippen LogP contribution is -2.25. The monoisotopic (exact) mass is 164 g/mol. The molecule has 2 aromatic heterocycles. The van der Waals surface area contributed by atoms with Crippen molar-refractivity contribution in [2.45, 2.75) is 0 Å². The van der Waals surface area contributed by atoms with Crippen LogP contribution < -0.4 is 4.57 Å². The highest BCUT2D eigenvalue weighted by Crippen LogP contribution is 2.10. The number of aryl methyl sites for hydroxylation is 2. The van der Waals surface area contributed by atoms with E-state index < -0.39 is 0 Å². The van der Waals surface area contributed by atoms with Gasteiger partial charge in [0, 0.05) is 19.3 Å². The molecule has 0 saturated carbocycles. The fraction of sp³-hybridized carbons (Fsp3) is 0.222. The normalized spacial score (nSPS) is 9.83. The molecule has 0 saturated heterocycles. The van der Waals surface area contributed by atoms with Gasteiger partial charge in [0.2, 0.25) is 0 Å².